The quantitative estimate of drug-likeness (QED) is 0.853. The zero-order chi connectivity index (χ0) is 17.0. The monoisotopic (exact) mass is 386 g/mol. The lowest BCUT2D eigenvalue weighted by Gasteiger charge is -2.28. The van der Waals surface area contributed by atoms with Gasteiger partial charge < -0.3 is 19.3 Å². The van der Waals surface area contributed by atoms with E-state index in [2.05, 4.69) is 15.9 Å². The first-order valence-electron chi connectivity index (χ1n) is 7.40. The van der Waals surface area contributed by atoms with E-state index in [9.17, 15) is 14.4 Å². The minimum Gasteiger partial charge on any atom is -0.480 e. The van der Waals surface area contributed by atoms with Crippen molar-refractivity contribution in [3.63, 3.8) is 0 Å². The molecule has 0 aromatic carbocycles. The number of aliphatic carboxylic acids is 1. The summed E-state index contributed by atoms with van der Waals surface area (Å²) in [6.45, 7) is 2.13. The molecule has 0 radical (unpaired) electrons. The lowest BCUT2D eigenvalue weighted by molar-refractivity contribution is -0.145. The lowest BCUT2D eigenvalue weighted by Crippen LogP contribution is -2.43. The van der Waals surface area contributed by atoms with Gasteiger partial charge in [-0.25, -0.2) is 0 Å². The van der Waals surface area contributed by atoms with Gasteiger partial charge in [-0.2, -0.15) is 0 Å². The number of hydrogen-bond acceptors (Lipinski definition) is 4. The molecule has 2 heterocycles. The van der Waals surface area contributed by atoms with Crippen molar-refractivity contribution < 1.29 is 23.9 Å². The molecule has 23 heavy (non-hydrogen) atoms. The first-order chi connectivity index (χ1) is 10.9. The van der Waals surface area contributed by atoms with Crippen LogP contribution in [0.15, 0.2) is 21.4 Å². The molecule has 0 aliphatic carbocycles. The van der Waals surface area contributed by atoms with E-state index >= 15 is 0 Å². The van der Waals surface area contributed by atoms with Crippen molar-refractivity contribution in [1.29, 1.82) is 0 Å². The van der Waals surface area contributed by atoms with Crippen LogP contribution in [-0.4, -0.2) is 58.4 Å². The molecule has 1 aromatic heterocycles. The first kappa shape index (κ1) is 17.5. The Hall–Kier alpha value is -1.83. The Balaban J connectivity index is 2.02. The lowest BCUT2D eigenvalue weighted by atomic mass is 10.1. The topological polar surface area (TPSA) is 91.1 Å². The molecule has 7 nitrogen and oxygen atoms in total. The van der Waals surface area contributed by atoms with Gasteiger partial charge in [0, 0.05) is 32.1 Å². The smallest absolute Gasteiger partial charge is 0.323 e. The van der Waals surface area contributed by atoms with Gasteiger partial charge in [-0.3, -0.25) is 14.4 Å². The molecule has 2 rings (SSSR count). The largest absolute Gasteiger partial charge is 0.480 e. The Labute approximate surface area is 142 Å². The van der Waals surface area contributed by atoms with Gasteiger partial charge in [0.05, 0.1) is 5.56 Å². The van der Waals surface area contributed by atoms with Crippen LogP contribution in [0.25, 0.3) is 0 Å². The SMILES string of the molecule is CC(=O)N(CC(=O)O)C1CCCN(C(=O)c2coc(Br)c2)CC1. The molecule has 1 fully saturated rings. The third-order valence-electron chi connectivity index (χ3n) is 3.95. The second-order valence-corrected chi connectivity index (χ2v) is 6.34. The molecule has 1 aliphatic heterocycles. The van der Waals surface area contributed by atoms with Gasteiger partial charge >= 0.3 is 5.97 Å². The Morgan fingerprint density at radius 1 is 1.39 bits per heavy atom. The van der Waals surface area contributed by atoms with Crippen LogP contribution < -0.4 is 0 Å². The zero-order valence-electron chi connectivity index (χ0n) is 12.8. The molecule has 2 amide bonds. The van der Waals surface area contributed by atoms with E-state index in [1.807, 2.05) is 0 Å². The highest BCUT2D eigenvalue weighted by Gasteiger charge is 2.28. The average molecular weight is 387 g/mol. The van der Waals surface area contributed by atoms with Gasteiger partial charge in [0.2, 0.25) is 5.91 Å². The number of furan rings is 1. The summed E-state index contributed by atoms with van der Waals surface area (Å²) in [5, 5.41) is 8.95. The third kappa shape index (κ3) is 4.57. The standard InChI is InChI=1S/C15H19BrN2O5/c1-10(19)18(8-14(20)21)12-3-2-5-17(6-4-12)15(22)11-7-13(16)23-9-11/h7,9,12H,2-6,8H2,1H3,(H,20,21). The van der Waals surface area contributed by atoms with Crippen LogP contribution in [-0.2, 0) is 9.59 Å². The number of nitrogens with zero attached hydrogens (tertiary/aromatic N) is 2. The number of amides is 2. The number of rotatable bonds is 4. The van der Waals surface area contributed by atoms with Gasteiger partial charge in [0.15, 0.2) is 4.67 Å². The summed E-state index contributed by atoms with van der Waals surface area (Å²) in [4.78, 5) is 38.1. The van der Waals surface area contributed by atoms with Crippen molar-refractivity contribution in [3.05, 3.63) is 22.6 Å². The van der Waals surface area contributed by atoms with Gasteiger partial charge in [-0.15, -0.1) is 0 Å². The van der Waals surface area contributed by atoms with E-state index in [1.54, 1.807) is 11.0 Å². The second-order valence-electron chi connectivity index (χ2n) is 5.56. The summed E-state index contributed by atoms with van der Waals surface area (Å²) >= 11 is 3.17. The number of carboxylic acids is 1. The molecule has 1 atom stereocenters. The summed E-state index contributed by atoms with van der Waals surface area (Å²) in [6, 6.07) is 1.47. The van der Waals surface area contributed by atoms with Crippen molar-refractivity contribution in [2.24, 2.45) is 0 Å². The highest BCUT2D eigenvalue weighted by molar-refractivity contribution is 9.10. The number of halogens is 1. The summed E-state index contributed by atoms with van der Waals surface area (Å²) in [7, 11) is 0. The van der Waals surface area contributed by atoms with Gasteiger partial charge in [-0.1, -0.05) is 0 Å². The number of hydrogen-bond donors (Lipinski definition) is 1. The van der Waals surface area contributed by atoms with Gasteiger partial charge in [0.25, 0.3) is 5.91 Å². The summed E-state index contributed by atoms with van der Waals surface area (Å²) in [6.07, 6.45) is 3.38. The van der Waals surface area contributed by atoms with Crippen LogP contribution in [0.4, 0.5) is 0 Å². The number of carbonyl (C=O) groups is 3. The van der Waals surface area contributed by atoms with E-state index in [0.29, 0.717) is 36.2 Å². The van der Waals surface area contributed by atoms with E-state index in [-0.39, 0.29) is 24.4 Å². The summed E-state index contributed by atoms with van der Waals surface area (Å²) < 4.78 is 5.59. The van der Waals surface area contributed by atoms with E-state index in [4.69, 9.17) is 9.52 Å². The van der Waals surface area contributed by atoms with Crippen LogP contribution in [0.3, 0.4) is 0 Å². The van der Waals surface area contributed by atoms with Gasteiger partial charge in [-0.05, 0) is 35.2 Å². The van der Waals surface area contributed by atoms with E-state index in [0.717, 1.165) is 6.42 Å². The molecule has 1 unspecified atom stereocenters. The van der Waals surface area contributed by atoms with Crippen LogP contribution in [0, 0.1) is 0 Å². The van der Waals surface area contributed by atoms with Crippen molar-refractivity contribution in [2.75, 3.05) is 19.6 Å². The van der Waals surface area contributed by atoms with Crippen LogP contribution in [0.1, 0.15) is 36.5 Å². The molecule has 0 bridgehead atoms. The number of carbonyl (C=O) groups excluding carboxylic acids is 2. The predicted octanol–water partition coefficient (Wildman–Crippen LogP) is 1.97. The molecular weight excluding hydrogens is 368 g/mol. The Morgan fingerprint density at radius 2 is 2.13 bits per heavy atom. The molecule has 1 saturated heterocycles. The second kappa shape index (κ2) is 7.63. The fourth-order valence-corrected chi connectivity index (χ4v) is 3.18. The molecule has 1 aliphatic rings. The number of likely N-dealkylation sites (tertiary alicyclic amines) is 1. The van der Waals surface area contributed by atoms with Crippen molar-refractivity contribution in [1.82, 2.24) is 9.80 Å². The van der Waals surface area contributed by atoms with E-state index in [1.165, 1.54) is 18.1 Å². The zero-order valence-corrected chi connectivity index (χ0v) is 14.4. The third-order valence-corrected chi connectivity index (χ3v) is 4.37. The fourth-order valence-electron chi connectivity index (χ4n) is 2.84. The molecule has 8 heteroatoms. The molecular formula is C15H19BrN2O5. The van der Waals surface area contributed by atoms with Gasteiger partial charge in [0.1, 0.15) is 12.8 Å². The predicted molar refractivity (Wildman–Crippen MR) is 85.0 cm³/mol. The molecule has 0 spiro atoms. The minimum absolute atomic E-state index is 0.118. The van der Waals surface area contributed by atoms with E-state index < -0.39 is 5.97 Å². The maximum atomic E-state index is 12.4. The molecule has 1 N–H and O–H groups in total. The first-order valence-corrected chi connectivity index (χ1v) is 8.20. The molecule has 0 saturated carbocycles. The maximum Gasteiger partial charge on any atom is 0.323 e. The Kier molecular flexibility index (Phi) is 5.81. The van der Waals surface area contributed by atoms with Crippen LogP contribution >= 0.6 is 15.9 Å². The van der Waals surface area contributed by atoms with Crippen LogP contribution in [0.2, 0.25) is 0 Å². The minimum atomic E-state index is -1.03. The fraction of sp³-hybridized carbons (Fsp3) is 0.533. The molecule has 1 aromatic rings. The van der Waals surface area contributed by atoms with Crippen molar-refractivity contribution in [3.8, 4) is 0 Å². The summed E-state index contributed by atoms with van der Waals surface area (Å²) in [5.74, 6) is -1.40. The normalized spacial score (nSPS) is 18.3. The van der Waals surface area contributed by atoms with Crippen molar-refractivity contribution >= 4 is 33.7 Å². The average Bonchev–Trinajstić information content (AvgIpc) is 2.78. The Bertz CT molecular complexity index is 600. The highest BCUT2D eigenvalue weighted by atomic mass is 79.9. The highest BCUT2D eigenvalue weighted by Crippen LogP contribution is 2.21. The Morgan fingerprint density at radius 3 is 2.70 bits per heavy atom. The maximum absolute atomic E-state index is 12.4. The molecule has 126 valence electrons. The van der Waals surface area contributed by atoms with Crippen LogP contribution in [0.5, 0.6) is 0 Å². The van der Waals surface area contributed by atoms with Crippen molar-refractivity contribution in [2.45, 2.75) is 32.2 Å². The number of carboxylic acid groups (broad SMARTS) is 1. The summed E-state index contributed by atoms with van der Waals surface area (Å²) in [5.41, 5.74) is 0.476.